The van der Waals surface area contributed by atoms with Crippen LogP contribution in [0, 0.1) is 0 Å². The molecule has 2 saturated heterocycles. The number of aromatic nitrogens is 1. The van der Waals surface area contributed by atoms with Crippen molar-refractivity contribution in [3.8, 4) is 11.5 Å². The molecule has 2 amide bonds. The predicted octanol–water partition coefficient (Wildman–Crippen LogP) is 3.03. The minimum absolute atomic E-state index is 0.117. The van der Waals surface area contributed by atoms with Gasteiger partial charge in [0, 0.05) is 50.9 Å². The summed E-state index contributed by atoms with van der Waals surface area (Å²) in [5.74, 6) is 1.76. The van der Waals surface area contributed by atoms with Gasteiger partial charge in [-0.1, -0.05) is 18.2 Å². The van der Waals surface area contributed by atoms with Crippen LogP contribution in [0.1, 0.15) is 17.0 Å². The Morgan fingerprint density at radius 3 is 2.38 bits per heavy atom. The van der Waals surface area contributed by atoms with E-state index in [9.17, 15) is 9.59 Å². The summed E-state index contributed by atoms with van der Waals surface area (Å²) in [6.07, 6.45) is 3.19. The van der Waals surface area contributed by atoms with Crippen LogP contribution in [-0.4, -0.2) is 65.4 Å². The lowest BCUT2D eigenvalue weighted by Gasteiger charge is -2.37. The second-order valence-electron chi connectivity index (χ2n) is 7.97. The highest BCUT2D eigenvalue weighted by molar-refractivity contribution is 5.96. The summed E-state index contributed by atoms with van der Waals surface area (Å²) in [5.41, 5.74) is 0.872. The molecular formula is C24H24N4O4. The van der Waals surface area contributed by atoms with Gasteiger partial charge in [-0.05, 0) is 36.4 Å². The van der Waals surface area contributed by atoms with E-state index in [1.807, 2.05) is 59.5 Å². The number of hydrogen-bond acceptors (Lipinski definition) is 6. The summed E-state index contributed by atoms with van der Waals surface area (Å²) in [4.78, 5) is 34.9. The van der Waals surface area contributed by atoms with Gasteiger partial charge < -0.3 is 19.0 Å². The molecule has 8 heteroatoms. The Labute approximate surface area is 186 Å². The van der Waals surface area contributed by atoms with Crippen molar-refractivity contribution in [3.63, 3.8) is 0 Å². The summed E-state index contributed by atoms with van der Waals surface area (Å²) in [5, 5.41) is 0. The molecule has 0 aliphatic carbocycles. The van der Waals surface area contributed by atoms with Crippen LogP contribution in [0.4, 0.5) is 5.69 Å². The van der Waals surface area contributed by atoms with E-state index < -0.39 is 0 Å². The fourth-order valence-corrected chi connectivity index (χ4v) is 4.27. The van der Waals surface area contributed by atoms with Crippen molar-refractivity contribution >= 4 is 17.5 Å². The molecule has 2 aromatic carbocycles. The Hall–Kier alpha value is -3.65. The van der Waals surface area contributed by atoms with Crippen LogP contribution in [0.2, 0.25) is 0 Å². The van der Waals surface area contributed by atoms with E-state index in [0.29, 0.717) is 26.1 Å². The average molecular weight is 432 g/mol. The largest absolute Gasteiger partial charge is 0.457 e. The lowest BCUT2D eigenvalue weighted by Crippen LogP contribution is -2.52. The van der Waals surface area contributed by atoms with Gasteiger partial charge in [0.25, 0.3) is 5.91 Å². The van der Waals surface area contributed by atoms with Gasteiger partial charge in [0.15, 0.2) is 6.39 Å². The molecule has 0 N–H and O–H groups in total. The molecule has 164 valence electrons. The Kier molecular flexibility index (Phi) is 5.60. The number of ether oxygens (including phenoxy) is 1. The van der Waals surface area contributed by atoms with Gasteiger partial charge in [0.2, 0.25) is 11.7 Å². The number of carbonyl (C=O) groups excluding carboxylic acids is 2. The fourth-order valence-electron chi connectivity index (χ4n) is 4.27. The minimum atomic E-state index is -0.135. The second-order valence-corrected chi connectivity index (χ2v) is 7.97. The summed E-state index contributed by atoms with van der Waals surface area (Å²) < 4.78 is 11.0. The van der Waals surface area contributed by atoms with E-state index in [1.165, 1.54) is 12.6 Å². The maximum Gasteiger partial charge on any atom is 0.291 e. The molecule has 1 aromatic heterocycles. The summed E-state index contributed by atoms with van der Waals surface area (Å²) in [6.45, 7) is 3.32. The van der Waals surface area contributed by atoms with Crippen molar-refractivity contribution < 1.29 is 18.7 Å². The molecular weight excluding hydrogens is 408 g/mol. The zero-order chi connectivity index (χ0) is 21.9. The van der Waals surface area contributed by atoms with Gasteiger partial charge in [-0.15, -0.1) is 0 Å². The molecule has 0 bridgehead atoms. The molecule has 2 fully saturated rings. The van der Waals surface area contributed by atoms with Crippen molar-refractivity contribution in [3.05, 3.63) is 72.9 Å². The van der Waals surface area contributed by atoms with Crippen LogP contribution in [0.3, 0.4) is 0 Å². The fraction of sp³-hybridized carbons (Fsp3) is 0.292. The van der Waals surface area contributed by atoms with Crippen molar-refractivity contribution in [2.45, 2.75) is 12.5 Å². The predicted molar refractivity (Wildman–Crippen MR) is 118 cm³/mol. The van der Waals surface area contributed by atoms with E-state index >= 15 is 0 Å². The van der Waals surface area contributed by atoms with Gasteiger partial charge >= 0.3 is 0 Å². The molecule has 1 atom stereocenters. The Morgan fingerprint density at radius 1 is 0.969 bits per heavy atom. The highest BCUT2D eigenvalue weighted by atomic mass is 16.5. The Bertz CT molecular complexity index is 1060. The third-order valence-electron chi connectivity index (χ3n) is 5.99. The standard InChI is InChI=1S/C24H24N4O4/c29-23-14-19(26-10-12-27(13-11-26)24(30)22-15-25-17-31-22)16-28(23)18-6-8-21(9-7-18)32-20-4-2-1-3-5-20/h1-9,15,17,19H,10-14,16H2. The maximum atomic E-state index is 12.7. The smallest absolute Gasteiger partial charge is 0.291 e. The first-order chi connectivity index (χ1) is 15.7. The molecule has 1 unspecified atom stereocenters. The van der Waals surface area contributed by atoms with E-state index in [1.54, 1.807) is 4.90 Å². The van der Waals surface area contributed by atoms with Gasteiger partial charge in [-0.3, -0.25) is 14.5 Å². The normalized spacial score (nSPS) is 19.4. The van der Waals surface area contributed by atoms with Gasteiger partial charge in [-0.2, -0.15) is 0 Å². The lowest BCUT2D eigenvalue weighted by molar-refractivity contribution is -0.117. The van der Waals surface area contributed by atoms with E-state index in [2.05, 4.69) is 9.88 Å². The highest BCUT2D eigenvalue weighted by Crippen LogP contribution is 2.28. The Morgan fingerprint density at radius 2 is 1.69 bits per heavy atom. The first kappa shape index (κ1) is 20.3. The van der Waals surface area contributed by atoms with E-state index in [-0.39, 0.29) is 23.6 Å². The number of carbonyl (C=O) groups is 2. The molecule has 8 nitrogen and oxygen atoms in total. The van der Waals surface area contributed by atoms with E-state index in [0.717, 1.165) is 30.3 Å². The summed E-state index contributed by atoms with van der Waals surface area (Å²) >= 11 is 0. The Balaban J connectivity index is 1.17. The van der Waals surface area contributed by atoms with Crippen molar-refractivity contribution in [2.75, 3.05) is 37.6 Å². The number of rotatable bonds is 5. The van der Waals surface area contributed by atoms with Gasteiger partial charge in [0.1, 0.15) is 11.5 Å². The van der Waals surface area contributed by atoms with Crippen LogP contribution >= 0.6 is 0 Å². The quantitative estimate of drug-likeness (QED) is 0.617. The second kappa shape index (κ2) is 8.84. The number of piperazine rings is 1. The zero-order valence-electron chi connectivity index (χ0n) is 17.6. The molecule has 0 saturated carbocycles. The highest BCUT2D eigenvalue weighted by Gasteiger charge is 2.36. The van der Waals surface area contributed by atoms with Crippen LogP contribution in [0.5, 0.6) is 11.5 Å². The number of benzene rings is 2. The number of para-hydroxylation sites is 1. The van der Waals surface area contributed by atoms with Crippen LogP contribution in [-0.2, 0) is 4.79 Å². The molecule has 2 aliphatic rings. The molecule has 2 aliphatic heterocycles. The SMILES string of the molecule is O=C(c1cnco1)N1CCN(C2CC(=O)N(c3ccc(Oc4ccccc4)cc3)C2)CC1. The minimum Gasteiger partial charge on any atom is -0.457 e. The topological polar surface area (TPSA) is 79.1 Å². The molecule has 0 spiro atoms. The summed E-state index contributed by atoms with van der Waals surface area (Å²) in [7, 11) is 0. The third kappa shape index (κ3) is 4.22. The van der Waals surface area contributed by atoms with Crippen LogP contribution in [0.15, 0.2) is 71.6 Å². The first-order valence-electron chi connectivity index (χ1n) is 10.7. The monoisotopic (exact) mass is 432 g/mol. The first-order valence-corrected chi connectivity index (χ1v) is 10.7. The number of oxazole rings is 1. The summed E-state index contributed by atoms with van der Waals surface area (Å²) in [6, 6.07) is 17.4. The maximum absolute atomic E-state index is 12.7. The molecule has 5 rings (SSSR count). The van der Waals surface area contributed by atoms with Crippen LogP contribution in [0.25, 0.3) is 0 Å². The van der Waals surface area contributed by atoms with Gasteiger partial charge in [-0.25, -0.2) is 4.98 Å². The average Bonchev–Trinajstić information content (AvgIpc) is 3.50. The number of hydrogen-bond donors (Lipinski definition) is 0. The number of anilines is 1. The van der Waals surface area contributed by atoms with Crippen molar-refractivity contribution in [1.82, 2.24) is 14.8 Å². The number of amides is 2. The molecule has 3 aromatic rings. The zero-order valence-corrected chi connectivity index (χ0v) is 17.6. The number of nitrogens with zero attached hydrogens (tertiary/aromatic N) is 4. The van der Waals surface area contributed by atoms with Crippen molar-refractivity contribution in [2.24, 2.45) is 0 Å². The third-order valence-corrected chi connectivity index (χ3v) is 5.99. The van der Waals surface area contributed by atoms with Gasteiger partial charge in [0.05, 0.1) is 6.20 Å². The van der Waals surface area contributed by atoms with Crippen LogP contribution < -0.4 is 9.64 Å². The van der Waals surface area contributed by atoms with E-state index in [4.69, 9.17) is 9.15 Å². The van der Waals surface area contributed by atoms with Crippen molar-refractivity contribution in [1.29, 1.82) is 0 Å². The molecule has 0 radical (unpaired) electrons. The lowest BCUT2D eigenvalue weighted by atomic mass is 10.2. The molecule has 32 heavy (non-hydrogen) atoms. The molecule has 3 heterocycles.